The maximum atomic E-state index is 10.9. The number of nitrogens with one attached hydrogen (secondary N) is 1. The van der Waals surface area contributed by atoms with Crippen LogP contribution in [0, 0.1) is 0 Å². The summed E-state index contributed by atoms with van der Waals surface area (Å²) in [6, 6.07) is 12.1. The van der Waals surface area contributed by atoms with Crippen LogP contribution in [0.1, 0.15) is 0 Å². The van der Waals surface area contributed by atoms with Gasteiger partial charge in [0.25, 0.3) is 0 Å². The number of piperazine rings is 1. The maximum Gasteiger partial charge on any atom is 0.227 e. The molecule has 2 heterocycles. The number of nitrogens with zero attached hydrogens (tertiary/aromatic N) is 5. The van der Waals surface area contributed by atoms with Gasteiger partial charge in [-0.25, -0.2) is 4.98 Å². The van der Waals surface area contributed by atoms with Crippen LogP contribution < -0.4 is 10.2 Å². The first-order valence-electron chi connectivity index (χ1n) is 8.93. The number of carbonyl (C=O) groups is 1. The molecule has 0 spiro atoms. The molecule has 1 aliphatic heterocycles. The molecule has 2 aromatic rings. The molecule has 1 fully saturated rings. The molecule has 0 atom stereocenters. The number of amides is 1. The monoisotopic (exact) mass is 354 g/mol. The van der Waals surface area contributed by atoms with Crippen molar-refractivity contribution in [1.82, 2.24) is 19.8 Å². The quantitative estimate of drug-likeness (QED) is 0.758. The number of aromatic nitrogens is 2. The van der Waals surface area contributed by atoms with Crippen molar-refractivity contribution in [2.24, 2.45) is 0 Å². The lowest BCUT2D eigenvalue weighted by Crippen LogP contribution is -2.46. The predicted molar refractivity (Wildman–Crippen MR) is 104 cm³/mol. The molecular weight excluding hydrogens is 328 g/mol. The Morgan fingerprint density at radius 2 is 1.85 bits per heavy atom. The van der Waals surface area contributed by atoms with Gasteiger partial charge in [0.15, 0.2) is 0 Å². The largest absolute Gasteiger partial charge is 0.369 e. The number of benzene rings is 1. The first kappa shape index (κ1) is 18.1. The van der Waals surface area contributed by atoms with Gasteiger partial charge in [-0.15, -0.1) is 0 Å². The molecule has 0 unspecified atom stereocenters. The summed E-state index contributed by atoms with van der Waals surface area (Å²) in [5.41, 5.74) is 1.97. The number of likely N-dealkylation sites (N-methyl/N-ethyl adjacent to an activating group) is 1. The highest BCUT2D eigenvalue weighted by atomic mass is 16.1. The zero-order valence-corrected chi connectivity index (χ0v) is 15.4. The molecular formula is C19H26N6O. The minimum absolute atomic E-state index is 0.700. The van der Waals surface area contributed by atoms with E-state index in [2.05, 4.69) is 41.3 Å². The number of anilines is 2. The van der Waals surface area contributed by atoms with Gasteiger partial charge in [-0.3, -0.25) is 4.79 Å². The van der Waals surface area contributed by atoms with Crippen molar-refractivity contribution < 1.29 is 4.79 Å². The summed E-state index contributed by atoms with van der Waals surface area (Å²) in [7, 11) is 4.10. The van der Waals surface area contributed by atoms with Gasteiger partial charge in [0.05, 0.1) is 5.69 Å². The SMILES string of the molecule is CN(C)CCNc1cc(-c2ccccc2)nc(N2CCN(C=O)CC2)n1. The van der Waals surface area contributed by atoms with Crippen LogP contribution in [0.5, 0.6) is 0 Å². The third-order valence-electron chi connectivity index (χ3n) is 4.40. The van der Waals surface area contributed by atoms with E-state index in [9.17, 15) is 4.79 Å². The van der Waals surface area contributed by atoms with Crippen molar-refractivity contribution in [3.63, 3.8) is 0 Å². The van der Waals surface area contributed by atoms with Gasteiger partial charge >= 0.3 is 0 Å². The van der Waals surface area contributed by atoms with E-state index < -0.39 is 0 Å². The van der Waals surface area contributed by atoms with Crippen molar-refractivity contribution in [3.05, 3.63) is 36.4 Å². The van der Waals surface area contributed by atoms with Crippen molar-refractivity contribution in [3.8, 4) is 11.3 Å². The van der Waals surface area contributed by atoms with E-state index in [-0.39, 0.29) is 0 Å². The van der Waals surface area contributed by atoms with Crippen molar-refractivity contribution in [2.75, 3.05) is 63.6 Å². The first-order chi connectivity index (χ1) is 12.7. The summed E-state index contributed by atoms with van der Waals surface area (Å²) in [6.45, 7) is 4.63. The van der Waals surface area contributed by atoms with Crippen molar-refractivity contribution in [1.29, 1.82) is 0 Å². The number of hydrogen-bond acceptors (Lipinski definition) is 6. The Bertz CT molecular complexity index is 713. The molecule has 1 aromatic carbocycles. The summed E-state index contributed by atoms with van der Waals surface area (Å²) in [5.74, 6) is 1.54. The van der Waals surface area contributed by atoms with Gasteiger partial charge in [0.1, 0.15) is 5.82 Å². The molecule has 1 N–H and O–H groups in total. The van der Waals surface area contributed by atoms with Crippen LogP contribution in [0.2, 0.25) is 0 Å². The molecule has 7 nitrogen and oxygen atoms in total. The van der Waals surface area contributed by atoms with Crippen LogP contribution in [0.15, 0.2) is 36.4 Å². The molecule has 3 rings (SSSR count). The molecule has 0 saturated carbocycles. The Labute approximate surface area is 154 Å². The molecule has 1 aromatic heterocycles. The highest BCUT2D eigenvalue weighted by Crippen LogP contribution is 2.23. The van der Waals surface area contributed by atoms with Gasteiger partial charge in [-0.2, -0.15) is 4.98 Å². The summed E-state index contributed by atoms with van der Waals surface area (Å²) < 4.78 is 0. The third-order valence-corrected chi connectivity index (χ3v) is 4.40. The van der Waals surface area contributed by atoms with Gasteiger partial charge in [0.2, 0.25) is 12.4 Å². The second-order valence-electron chi connectivity index (χ2n) is 6.66. The van der Waals surface area contributed by atoms with Crippen molar-refractivity contribution in [2.45, 2.75) is 0 Å². The van der Waals surface area contributed by atoms with Crippen LogP contribution >= 0.6 is 0 Å². The van der Waals surface area contributed by atoms with Gasteiger partial charge in [0, 0.05) is 50.9 Å². The van der Waals surface area contributed by atoms with E-state index in [1.54, 1.807) is 4.90 Å². The molecule has 26 heavy (non-hydrogen) atoms. The van der Waals surface area contributed by atoms with E-state index in [0.717, 1.165) is 49.7 Å². The topological polar surface area (TPSA) is 64.6 Å². The summed E-state index contributed by atoms with van der Waals surface area (Å²) in [4.78, 5) is 26.5. The van der Waals surface area contributed by atoms with E-state index >= 15 is 0 Å². The van der Waals surface area contributed by atoms with Crippen LogP contribution in [0.4, 0.5) is 11.8 Å². The predicted octanol–water partition coefficient (Wildman–Crippen LogP) is 1.40. The zero-order chi connectivity index (χ0) is 18.4. The Kier molecular flexibility index (Phi) is 6.01. The smallest absolute Gasteiger partial charge is 0.227 e. The lowest BCUT2D eigenvalue weighted by molar-refractivity contribution is -0.118. The van der Waals surface area contributed by atoms with E-state index in [1.165, 1.54) is 0 Å². The fraction of sp³-hybridized carbons (Fsp3) is 0.421. The average Bonchev–Trinajstić information content (AvgIpc) is 2.68. The second kappa shape index (κ2) is 8.62. The molecule has 7 heteroatoms. The Balaban J connectivity index is 1.84. The minimum atomic E-state index is 0.700. The normalized spacial score (nSPS) is 14.6. The zero-order valence-electron chi connectivity index (χ0n) is 15.4. The summed E-state index contributed by atoms with van der Waals surface area (Å²) in [5, 5.41) is 3.40. The lowest BCUT2D eigenvalue weighted by atomic mass is 10.1. The van der Waals surface area contributed by atoms with Gasteiger partial charge in [-0.05, 0) is 14.1 Å². The fourth-order valence-electron chi connectivity index (χ4n) is 2.86. The van der Waals surface area contributed by atoms with Crippen LogP contribution in [0.25, 0.3) is 11.3 Å². The van der Waals surface area contributed by atoms with E-state index in [4.69, 9.17) is 9.97 Å². The average molecular weight is 354 g/mol. The second-order valence-corrected chi connectivity index (χ2v) is 6.66. The molecule has 1 saturated heterocycles. The highest BCUT2D eigenvalue weighted by Gasteiger charge is 2.19. The molecule has 0 radical (unpaired) electrons. The first-order valence-corrected chi connectivity index (χ1v) is 8.93. The van der Waals surface area contributed by atoms with Gasteiger partial charge in [-0.1, -0.05) is 30.3 Å². The fourth-order valence-corrected chi connectivity index (χ4v) is 2.86. The van der Waals surface area contributed by atoms with Gasteiger partial charge < -0.3 is 20.0 Å². The number of hydrogen-bond donors (Lipinski definition) is 1. The Morgan fingerprint density at radius 1 is 1.12 bits per heavy atom. The highest BCUT2D eigenvalue weighted by molar-refractivity contribution is 5.64. The Hall–Kier alpha value is -2.67. The minimum Gasteiger partial charge on any atom is -0.369 e. The molecule has 1 amide bonds. The molecule has 0 bridgehead atoms. The summed E-state index contributed by atoms with van der Waals surface area (Å²) >= 11 is 0. The Morgan fingerprint density at radius 3 is 2.50 bits per heavy atom. The molecule has 1 aliphatic rings. The standard InChI is InChI=1S/C19H26N6O/c1-23(2)9-8-20-18-14-17(16-6-4-3-5-7-16)21-19(22-18)25-12-10-24(15-26)11-13-25/h3-7,14-15H,8-13H2,1-2H3,(H,20,21,22). The van der Waals surface area contributed by atoms with Crippen LogP contribution in [-0.4, -0.2) is 79.5 Å². The van der Waals surface area contributed by atoms with E-state index in [1.807, 2.05) is 24.3 Å². The van der Waals surface area contributed by atoms with Crippen LogP contribution in [0.3, 0.4) is 0 Å². The lowest BCUT2D eigenvalue weighted by Gasteiger charge is -2.32. The van der Waals surface area contributed by atoms with Crippen molar-refractivity contribution >= 4 is 18.2 Å². The third kappa shape index (κ3) is 4.70. The molecule has 0 aliphatic carbocycles. The van der Waals surface area contributed by atoms with E-state index in [0.29, 0.717) is 19.0 Å². The number of rotatable bonds is 7. The number of carbonyl (C=O) groups excluding carboxylic acids is 1. The molecule has 138 valence electrons. The van der Waals surface area contributed by atoms with Crippen LogP contribution in [-0.2, 0) is 4.79 Å². The maximum absolute atomic E-state index is 10.9. The summed E-state index contributed by atoms with van der Waals surface area (Å²) in [6.07, 6.45) is 0.910.